The predicted molar refractivity (Wildman–Crippen MR) is 83.0 cm³/mol. The quantitative estimate of drug-likeness (QED) is 0.831. The molecule has 0 fully saturated rings. The molecule has 2 N–H and O–H groups in total. The zero-order valence-electron chi connectivity index (χ0n) is 10.8. The van der Waals surface area contributed by atoms with Crippen LogP contribution in [0.2, 0.25) is 5.02 Å². The Kier molecular flexibility index (Phi) is 4.50. The molecule has 0 aromatic heterocycles. The molecule has 0 spiro atoms. The summed E-state index contributed by atoms with van der Waals surface area (Å²) in [7, 11) is 0. The third-order valence-electron chi connectivity index (χ3n) is 2.84. The molecule has 4 heteroatoms. The number of rotatable bonds is 3. The Morgan fingerprint density at radius 2 is 1.95 bits per heavy atom. The summed E-state index contributed by atoms with van der Waals surface area (Å²) in [5.74, 6) is 1.51. The number of halogens is 2. The normalized spacial score (nSPS) is 12.3. The number of ether oxygens (including phenoxy) is 1. The lowest BCUT2D eigenvalue weighted by Crippen LogP contribution is -2.05. The van der Waals surface area contributed by atoms with Crippen LogP contribution < -0.4 is 10.5 Å². The summed E-state index contributed by atoms with van der Waals surface area (Å²) in [6, 6.07) is 11.4. The fourth-order valence-electron chi connectivity index (χ4n) is 1.75. The Morgan fingerprint density at radius 1 is 1.21 bits per heavy atom. The van der Waals surface area contributed by atoms with E-state index in [1.165, 1.54) is 0 Å². The van der Waals surface area contributed by atoms with Gasteiger partial charge >= 0.3 is 0 Å². The smallest absolute Gasteiger partial charge is 0.131 e. The molecule has 0 aliphatic rings. The third-order valence-corrected chi connectivity index (χ3v) is 3.76. The molecule has 0 bridgehead atoms. The zero-order chi connectivity index (χ0) is 14.0. The minimum Gasteiger partial charge on any atom is -0.457 e. The molecule has 2 rings (SSSR count). The Bertz CT molecular complexity index is 599. The summed E-state index contributed by atoms with van der Waals surface area (Å²) in [6.45, 7) is 3.93. The zero-order valence-corrected chi connectivity index (χ0v) is 13.1. The van der Waals surface area contributed by atoms with Crippen molar-refractivity contribution in [3.63, 3.8) is 0 Å². The molecule has 2 nitrogen and oxygen atoms in total. The predicted octanol–water partition coefficient (Wildman–Crippen LogP) is 5.22. The fraction of sp³-hybridized carbons (Fsp3) is 0.200. The average molecular weight is 341 g/mol. The summed E-state index contributed by atoms with van der Waals surface area (Å²) in [5, 5.41) is 0.659. The van der Waals surface area contributed by atoms with Gasteiger partial charge in [0, 0.05) is 15.5 Å². The van der Waals surface area contributed by atoms with E-state index in [0.29, 0.717) is 5.02 Å². The Labute approximate surface area is 126 Å². The largest absolute Gasteiger partial charge is 0.457 e. The number of hydrogen-bond donors (Lipinski definition) is 1. The Morgan fingerprint density at radius 3 is 2.58 bits per heavy atom. The summed E-state index contributed by atoms with van der Waals surface area (Å²) in [4.78, 5) is 0. The van der Waals surface area contributed by atoms with Gasteiger partial charge in [-0.05, 0) is 49.2 Å². The van der Waals surface area contributed by atoms with Crippen molar-refractivity contribution in [2.24, 2.45) is 5.73 Å². The van der Waals surface area contributed by atoms with Crippen LogP contribution in [0.15, 0.2) is 40.9 Å². The van der Waals surface area contributed by atoms with Gasteiger partial charge in [-0.2, -0.15) is 0 Å². The van der Waals surface area contributed by atoms with E-state index in [4.69, 9.17) is 22.1 Å². The minimum absolute atomic E-state index is 0.0173. The van der Waals surface area contributed by atoms with Gasteiger partial charge in [0.25, 0.3) is 0 Å². The first-order valence-electron chi connectivity index (χ1n) is 5.96. The molecule has 0 unspecified atom stereocenters. The van der Waals surface area contributed by atoms with Crippen molar-refractivity contribution in [3.05, 3.63) is 57.0 Å². The van der Waals surface area contributed by atoms with Gasteiger partial charge in [0.1, 0.15) is 11.5 Å². The van der Waals surface area contributed by atoms with Gasteiger partial charge < -0.3 is 10.5 Å². The van der Waals surface area contributed by atoms with E-state index in [-0.39, 0.29) is 6.04 Å². The Balaban J connectivity index is 2.29. The maximum Gasteiger partial charge on any atom is 0.131 e. The van der Waals surface area contributed by atoms with Crippen molar-refractivity contribution in [1.29, 1.82) is 0 Å². The number of hydrogen-bond acceptors (Lipinski definition) is 2. The van der Waals surface area contributed by atoms with Gasteiger partial charge in [0.2, 0.25) is 0 Å². The monoisotopic (exact) mass is 339 g/mol. The highest BCUT2D eigenvalue weighted by molar-refractivity contribution is 9.10. The van der Waals surface area contributed by atoms with E-state index in [2.05, 4.69) is 15.9 Å². The molecular formula is C15H15BrClNO. The Hall–Kier alpha value is -1.03. The molecule has 0 saturated heterocycles. The molecule has 0 saturated carbocycles. The highest BCUT2D eigenvalue weighted by Gasteiger charge is 2.08. The van der Waals surface area contributed by atoms with Gasteiger partial charge in [-0.1, -0.05) is 39.7 Å². The van der Waals surface area contributed by atoms with Crippen LogP contribution in [-0.4, -0.2) is 0 Å². The van der Waals surface area contributed by atoms with Gasteiger partial charge in [-0.15, -0.1) is 0 Å². The van der Waals surface area contributed by atoms with Gasteiger partial charge in [0.15, 0.2) is 0 Å². The first-order valence-corrected chi connectivity index (χ1v) is 7.13. The van der Waals surface area contributed by atoms with Crippen molar-refractivity contribution >= 4 is 27.5 Å². The van der Waals surface area contributed by atoms with Crippen molar-refractivity contribution in [2.45, 2.75) is 19.9 Å². The van der Waals surface area contributed by atoms with Gasteiger partial charge in [-0.3, -0.25) is 0 Å². The third kappa shape index (κ3) is 3.50. The lowest BCUT2D eigenvalue weighted by molar-refractivity contribution is 0.478. The molecule has 100 valence electrons. The van der Waals surface area contributed by atoms with Crippen LogP contribution in [0.25, 0.3) is 0 Å². The molecule has 2 aromatic rings. The van der Waals surface area contributed by atoms with E-state index < -0.39 is 0 Å². The summed E-state index contributed by atoms with van der Waals surface area (Å²) in [6.07, 6.45) is 0. The standard InChI is InChI=1S/C15H15BrClNO/c1-9-3-4-11(17)7-15(9)19-12-5-6-13(10(2)18)14(16)8-12/h3-8,10H,18H2,1-2H3/t10-/m1/s1. The lowest BCUT2D eigenvalue weighted by atomic mass is 10.1. The summed E-state index contributed by atoms with van der Waals surface area (Å²) >= 11 is 9.48. The highest BCUT2D eigenvalue weighted by Crippen LogP contribution is 2.32. The second-order valence-corrected chi connectivity index (χ2v) is 5.77. The van der Waals surface area contributed by atoms with Crippen molar-refractivity contribution in [3.8, 4) is 11.5 Å². The second kappa shape index (κ2) is 5.95. The van der Waals surface area contributed by atoms with Crippen molar-refractivity contribution in [2.75, 3.05) is 0 Å². The van der Waals surface area contributed by atoms with Crippen LogP contribution in [0.5, 0.6) is 11.5 Å². The van der Waals surface area contributed by atoms with Crippen LogP contribution in [-0.2, 0) is 0 Å². The van der Waals surface area contributed by atoms with E-state index in [1.54, 1.807) is 0 Å². The maximum atomic E-state index is 5.98. The van der Waals surface area contributed by atoms with Gasteiger partial charge in [0.05, 0.1) is 0 Å². The molecule has 0 radical (unpaired) electrons. The summed E-state index contributed by atoms with van der Waals surface area (Å²) in [5.41, 5.74) is 7.96. The summed E-state index contributed by atoms with van der Waals surface area (Å²) < 4.78 is 6.79. The van der Waals surface area contributed by atoms with Crippen molar-refractivity contribution in [1.82, 2.24) is 0 Å². The van der Waals surface area contributed by atoms with E-state index in [0.717, 1.165) is 27.1 Å². The van der Waals surface area contributed by atoms with E-state index >= 15 is 0 Å². The highest BCUT2D eigenvalue weighted by atomic mass is 79.9. The first kappa shape index (κ1) is 14.4. The minimum atomic E-state index is -0.0173. The maximum absolute atomic E-state index is 5.98. The molecule has 19 heavy (non-hydrogen) atoms. The molecule has 1 atom stereocenters. The van der Waals surface area contributed by atoms with Crippen LogP contribution in [0.1, 0.15) is 24.1 Å². The van der Waals surface area contributed by atoms with Crippen LogP contribution >= 0.6 is 27.5 Å². The van der Waals surface area contributed by atoms with Crippen LogP contribution in [0.4, 0.5) is 0 Å². The van der Waals surface area contributed by atoms with E-state index in [9.17, 15) is 0 Å². The van der Waals surface area contributed by atoms with Crippen LogP contribution in [0.3, 0.4) is 0 Å². The van der Waals surface area contributed by atoms with Crippen molar-refractivity contribution < 1.29 is 4.74 Å². The molecule has 2 aromatic carbocycles. The average Bonchev–Trinajstić information content (AvgIpc) is 2.33. The molecule has 0 heterocycles. The second-order valence-electron chi connectivity index (χ2n) is 4.48. The lowest BCUT2D eigenvalue weighted by Gasteiger charge is -2.12. The molecule has 0 aliphatic carbocycles. The number of aryl methyl sites for hydroxylation is 1. The molecule has 0 amide bonds. The fourth-order valence-corrected chi connectivity index (χ4v) is 2.63. The van der Waals surface area contributed by atoms with E-state index in [1.807, 2.05) is 50.2 Å². The molecule has 0 aliphatic heterocycles. The molecular weight excluding hydrogens is 326 g/mol. The van der Waals surface area contributed by atoms with Gasteiger partial charge in [-0.25, -0.2) is 0 Å². The van der Waals surface area contributed by atoms with Crippen LogP contribution in [0, 0.1) is 6.92 Å². The SMILES string of the molecule is Cc1ccc(Cl)cc1Oc1ccc([C@@H](C)N)c(Br)c1. The number of nitrogens with two attached hydrogens (primary N) is 1. The topological polar surface area (TPSA) is 35.2 Å². The number of benzene rings is 2. The first-order chi connectivity index (χ1) is 8.97.